The Kier molecular flexibility index (Phi) is 7.29. The summed E-state index contributed by atoms with van der Waals surface area (Å²) < 4.78 is 28.8. The van der Waals surface area contributed by atoms with Crippen molar-refractivity contribution in [2.24, 2.45) is 0 Å². The van der Waals surface area contributed by atoms with Crippen LogP contribution >= 0.6 is 0 Å². The lowest BCUT2D eigenvalue weighted by Gasteiger charge is -2.23. The van der Waals surface area contributed by atoms with Crippen LogP contribution in [-0.4, -0.2) is 69.5 Å². The van der Waals surface area contributed by atoms with Crippen LogP contribution in [0.3, 0.4) is 0 Å². The van der Waals surface area contributed by atoms with Crippen molar-refractivity contribution in [2.45, 2.75) is 45.3 Å². The molecule has 0 saturated carbocycles. The van der Waals surface area contributed by atoms with Gasteiger partial charge in [0, 0.05) is 26.5 Å². The molecule has 1 aromatic carbocycles. The molecule has 1 aliphatic rings. The number of imidazole rings is 1. The number of carbonyl (C=O) groups is 3. The number of aromatic nitrogens is 4. The molecule has 0 aliphatic carbocycles. The number of carbonyl (C=O) groups excluding carboxylic acids is 3. The predicted molar refractivity (Wildman–Crippen MR) is 123 cm³/mol. The maximum absolute atomic E-state index is 11.9. The second-order valence-corrected chi connectivity index (χ2v) is 7.92. The average molecular weight is 499 g/mol. The first kappa shape index (κ1) is 24.9. The molecule has 13 nitrogen and oxygen atoms in total. The van der Waals surface area contributed by atoms with Gasteiger partial charge in [-0.05, 0) is 24.3 Å². The second kappa shape index (κ2) is 10.6. The Morgan fingerprint density at radius 2 is 1.67 bits per heavy atom. The molecule has 190 valence electrons. The van der Waals surface area contributed by atoms with Crippen LogP contribution in [0, 0.1) is 0 Å². The topological polar surface area (TPSA) is 153 Å². The van der Waals surface area contributed by atoms with Gasteiger partial charge in [-0.25, -0.2) is 15.0 Å². The van der Waals surface area contributed by atoms with Gasteiger partial charge in [0.25, 0.3) is 0 Å². The van der Waals surface area contributed by atoms with Crippen LogP contribution in [-0.2, 0) is 33.3 Å². The van der Waals surface area contributed by atoms with Gasteiger partial charge < -0.3 is 29.0 Å². The van der Waals surface area contributed by atoms with E-state index in [1.807, 2.05) is 12.1 Å². The Hall–Kier alpha value is -4.26. The van der Waals surface area contributed by atoms with E-state index >= 15 is 0 Å². The number of anilines is 2. The normalized spacial score (nSPS) is 21.1. The zero-order valence-electron chi connectivity index (χ0n) is 20.0. The monoisotopic (exact) mass is 499 g/mol. The Balaban J connectivity index is 1.68. The van der Waals surface area contributed by atoms with E-state index in [4.69, 9.17) is 23.7 Å². The van der Waals surface area contributed by atoms with E-state index in [0.29, 0.717) is 22.7 Å². The van der Waals surface area contributed by atoms with Crippen molar-refractivity contribution in [1.29, 1.82) is 0 Å². The minimum atomic E-state index is -1.06. The fraction of sp³-hybridized carbons (Fsp3) is 0.391. The van der Waals surface area contributed by atoms with Gasteiger partial charge in [0.15, 0.2) is 35.4 Å². The van der Waals surface area contributed by atoms with Crippen molar-refractivity contribution < 1.29 is 38.1 Å². The fourth-order valence-corrected chi connectivity index (χ4v) is 3.86. The van der Waals surface area contributed by atoms with E-state index in [1.165, 1.54) is 33.4 Å². The highest BCUT2D eigenvalue weighted by Gasteiger charge is 2.51. The fourth-order valence-electron chi connectivity index (χ4n) is 3.86. The summed E-state index contributed by atoms with van der Waals surface area (Å²) in [7, 11) is 1.58. The third-order valence-electron chi connectivity index (χ3n) is 5.33. The van der Waals surface area contributed by atoms with Gasteiger partial charge in [-0.3, -0.25) is 19.0 Å². The van der Waals surface area contributed by atoms with Crippen LogP contribution in [0.1, 0.15) is 27.0 Å². The number of hydrogen-bond acceptors (Lipinski definition) is 12. The maximum atomic E-state index is 11.9. The first-order chi connectivity index (χ1) is 17.3. The minimum absolute atomic E-state index is 0.215. The lowest BCUT2D eigenvalue weighted by Crippen LogP contribution is -2.40. The number of nitrogens with one attached hydrogen (secondary N) is 1. The summed E-state index contributed by atoms with van der Waals surface area (Å²) in [5.41, 5.74) is 1.54. The number of rotatable bonds is 8. The molecular formula is C23H25N5O8. The molecule has 4 rings (SSSR count). The number of ether oxygens (including phenoxy) is 5. The van der Waals surface area contributed by atoms with Gasteiger partial charge in [0.2, 0.25) is 0 Å². The summed E-state index contributed by atoms with van der Waals surface area (Å²) in [5.74, 6) is -0.627. The van der Waals surface area contributed by atoms with E-state index in [0.717, 1.165) is 5.69 Å². The van der Waals surface area contributed by atoms with Crippen molar-refractivity contribution in [1.82, 2.24) is 19.5 Å². The number of fused-ring (bicyclic) bond motifs is 1. The first-order valence-corrected chi connectivity index (χ1v) is 11.0. The van der Waals surface area contributed by atoms with Crippen LogP contribution in [0.15, 0.2) is 36.9 Å². The average Bonchev–Trinajstić information content (AvgIpc) is 3.40. The Morgan fingerprint density at radius 1 is 0.972 bits per heavy atom. The van der Waals surface area contributed by atoms with Crippen LogP contribution < -0.4 is 10.1 Å². The molecule has 1 aliphatic heterocycles. The summed E-state index contributed by atoms with van der Waals surface area (Å²) in [6.45, 7) is 3.48. The molecule has 0 spiro atoms. The minimum Gasteiger partial charge on any atom is -0.497 e. The second-order valence-electron chi connectivity index (χ2n) is 7.92. The summed E-state index contributed by atoms with van der Waals surface area (Å²) in [5, 5.41) is 3.19. The highest BCUT2D eigenvalue weighted by atomic mass is 16.7. The Bertz CT molecular complexity index is 1260. The predicted octanol–water partition coefficient (Wildman–Crippen LogP) is 1.90. The summed E-state index contributed by atoms with van der Waals surface area (Å²) in [6, 6.07) is 7.25. The highest BCUT2D eigenvalue weighted by molar-refractivity contribution is 5.85. The molecule has 0 radical (unpaired) electrons. The number of hydrogen-bond donors (Lipinski definition) is 1. The lowest BCUT2D eigenvalue weighted by atomic mass is 10.1. The van der Waals surface area contributed by atoms with Gasteiger partial charge in [-0.1, -0.05) is 0 Å². The van der Waals surface area contributed by atoms with E-state index in [2.05, 4.69) is 20.3 Å². The molecule has 36 heavy (non-hydrogen) atoms. The number of nitrogens with zero attached hydrogens (tertiary/aromatic N) is 4. The van der Waals surface area contributed by atoms with Gasteiger partial charge in [0.05, 0.1) is 13.4 Å². The number of benzene rings is 1. The molecule has 13 heteroatoms. The van der Waals surface area contributed by atoms with E-state index in [9.17, 15) is 14.4 Å². The lowest BCUT2D eigenvalue weighted by molar-refractivity contribution is -0.166. The van der Waals surface area contributed by atoms with Crippen LogP contribution in [0.25, 0.3) is 11.2 Å². The van der Waals surface area contributed by atoms with Crippen LogP contribution in [0.4, 0.5) is 11.5 Å². The molecule has 0 bridgehead atoms. The largest absolute Gasteiger partial charge is 0.497 e. The third kappa shape index (κ3) is 5.35. The van der Waals surface area contributed by atoms with Crippen molar-refractivity contribution in [2.75, 3.05) is 19.0 Å². The summed E-state index contributed by atoms with van der Waals surface area (Å²) in [4.78, 5) is 48.1. The van der Waals surface area contributed by atoms with E-state index < -0.39 is 42.4 Å². The number of esters is 3. The smallest absolute Gasteiger partial charge is 0.303 e. The standard InChI is InChI=1S/C23H25N5O8/c1-12(29)33-9-17-19(34-13(2)30)20(35-14(3)31)23(36-17)28-11-26-18-21(24-10-25-22(18)28)27-15-5-7-16(32-4)8-6-15/h5-8,10-11,17,19-20,23H,9H2,1-4H3,(H,24,25,27)/t17-,19-,20-,23-/m1/s1. The number of methoxy groups -OCH3 is 1. The Labute approximate surface area is 205 Å². The van der Waals surface area contributed by atoms with Crippen molar-refractivity contribution in [3.63, 3.8) is 0 Å². The van der Waals surface area contributed by atoms with Crippen LogP contribution in [0.5, 0.6) is 5.75 Å². The van der Waals surface area contributed by atoms with E-state index in [1.54, 1.807) is 23.8 Å². The molecule has 2 aromatic heterocycles. The maximum Gasteiger partial charge on any atom is 0.303 e. The quantitative estimate of drug-likeness (QED) is 0.356. The molecule has 1 saturated heterocycles. The molecule has 1 fully saturated rings. The molecule has 0 amide bonds. The zero-order chi connectivity index (χ0) is 25.8. The molecule has 1 N–H and O–H groups in total. The van der Waals surface area contributed by atoms with Crippen LogP contribution in [0.2, 0.25) is 0 Å². The molecule has 3 heterocycles. The van der Waals surface area contributed by atoms with Crippen molar-refractivity contribution in [3.8, 4) is 5.75 Å². The summed E-state index contributed by atoms with van der Waals surface area (Å²) in [6.07, 6.45) is -1.17. The third-order valence-corrected chi connectivity index (χ3v) is 5.33. The van der Waals surface area contributed by atoms with E-state index in [-0.39, 0.29) is 6.61 Å². The molecule has 4 atom stereocenters. The Morgan fingerprint density at radius 3 is 2.31 bits per heavy atom. The first-order valence-electron chi connectivity index (χ1n) is 11.0. The SMILES string of the molecule is COc1ccc(Nc2ncnc3c2ncn3[C@@H]2O[C@H](COC(C)=O)[C@@H](OC(C)=O)[C@H]2OC(C)=O)cc1. The highest BCUT2D eigenvalue weighted by Crippen LogP contribution is 2.36. The summed E-state index contributed by atoms with van der Waals surface area (Å²) >= 11 is 0. The van der Waals surface area contributed by atoms with Crippen molar-refractivity contribution >= 4 is 40.6 Å². The van der Waals surface area contributed by atoms with Gasteiger partial charge in [-0.2, -0.15) is 0 Å². The van der Waals surface area contributed by atoms with Gasteiger partial charge >= 0.3 is 17.9 Å². The molecule has 0 unspecified atom stereocenters. The van der Waals surface area contributed by atoms with Gasteiger partial charge in [0.1, 0.15) is 24.8 Å². The van der Waals surface area contributed by atoms with Crippen molar-refractivity contribution in [3.05, 3.63) is 36.9 Å². The molecule has 3 aromatic rings. The molecular weight excluding hydrogens is 474 g/mol. The van der Waals surface area contributed by atoms with Gasteiger partial charge in [-0.15, -0.1) is 0 Å². The zero-order valence-corrected chi connectivity index (χ0v) is 20.0.